The Morgan fingerprint density at radius 2 is 1.62 bits per heavy atom. The molecule has 0 bridgehead atoms. The van der Waals surface area contributed by atoms with Gasteiger partial charge in [-0.3, -0.25) is 4.90 Å². The molecule has 0 aliphatic heterocycles. The van der Waals surface area contributed by atoms with E-state index in [1.54, 1.807) is 0 Å². The lowest BCUT2D eigenvalue weighted by Gasteiger charge is -2.39. The van der Waals surface area contributed by atoms with Crippen molar-refractivity contribution in [3.05, 3.63) is 65.7 Å². The molecule has 2 nitrogen and oxygen atoms in total. The summed E-state index contributed by atoms with van der Waals surface area (Å²) in [6.07, 6.45) is 0. The Kier molecular flexibility index (Phi) is 6.70. The average Bonchev–Trinajstić information content (AvgIpc) is 2.55. The second-order valence-electron chi connectivity index (χ2n) is 6.84. The van der Waals surface area contributed by atoms with Crippen LogP contribution >= 0.6 is 11.6 Å². The number of hydrogen-bond donors (Lipinski definition) is 0. The van der Waals surface area contributed by atoms with E-state index in [1.807, 2.05) is 12.1 Å². The van der Waals surface area contributed by atoms with Gasteiger partial charge in [0.15, 0.2) is 5.72 Å². The zero-order valence-electron chi connectivity index (χ0n) is 15.1. The number of halogens is 1. The van der Waals surface area contributed by atoms with Crippen molar-refractivity contribution in [3.8, 4) is 5.75 Å². The Labute approximate surface area is 151 Å². The van der Waals surface area contributed by atoms with E-state index >= 15 is 0 Å². The van der Waals surface area contributed by atoms with Crippen LogP contribution in [0.3, 0.4) is 0 Å². The number of benzene rings is 2. The van der Waals surface area contributed by atoms with E-state index in [2.05, 4.69) is 75.1 Å². The van der Waals surface area contributed by atoms with E-state index < -0.39 is 5.72 Å². The summed E-state index contributed by atoms with van der Waals surface area (Å²) in [5.74, 6) is 1.95. The first-order chi connectivity index (χ1) is 11.4. The fourth-order valence-electron chi connectivity index (χ4n) is 2.83. The highest BCUT2D eigenvalue weighted by Crippen LogP contribution is 2.30. The number of ether oxygens (including phenoxy) is 1. The molecule has 2 rings (SSSR count). The predicted octanol–water partition coefficient (Wildman–Crippen LogP) is 5.67. The molecule has 0 spiro atoms. The largest absolute Gasteiger partial charge is 0.473 e. The molecule has 0 aliphatic rings. The minimum absolute atomic E-state index is 0.424. The Balaban J connectivity index is 2.22. The molecule has 0 saturated carbocycles. The summed E-state index contributed by atoms with van der Waals surface area (Å²) < 4.78 is 6.45. The van der Waals surface area contributed by atoms with Gasteiger partial charge in [-0.2, -0.15) is 0 Å². The SMILES string of the molecule is CC(C)c1ccccc1OC(C)(C)N(CCCl)Cc1ccccc1. The molecule has 0 amide bonds. The van der Waals surface area contributed by atoms with Crippen LogP contribution < -0.4 is 4.74 Å². The second-order valence-corrected chi connectivity index (χ2v) is 7.22. The van der Waals surface area contributed by atoms with Crippen LogP contribution in [0, 0.1) is 0 Å². The quantitative estimate of drug-likeness (QED) is 0.451. The average molecular weight is 346 g/mol. The summed E-state index contributed by atoms with van der Waals surface area (Å²) in [5, 5.41) is 0. The van der Waals surface area contributed by atoms with E-state index in [4.69, 9.17) is 16.3 Å². The maximum Gasteiger partial charge on any atom is 0.158 e. The molecule has 0 aliphatic carbocycles. The molecule has 0 radical (unpaired) electrons. The van der Waals surface area contributed by atoms with Crippen molar-refractivity contribution in [1.29, 1.82) is 0 Å². The molecule has 0 fully saturated rings. The van der Waals surface area contributed by atoms with Crippen molar-refractivity contribution in [2.24, 2.45) is 0 Å². The van der Waals surface area contributed by atoms with Gasteiger partial charge in [0.2, 0.25) is 0 Å². The first-order valence-electron chi connectivity index (χ1n) is 8.57. The number of alkyl halides is 1. The lowest BCUT2D eigenvalue weighted by molar-refractivity contribution is -0.0585. The number of hydrogen-bond acceptors (Lipinski definition) is 2. The number of para-hydroxylation sites is 1. The Morgan fingerprint density at radius 3 is 2.25 bits per heavy atom. The summed E-state index contributed by atoms with van der Waals surface area (Å²) in [7, 11) is 0. The fraction of sp³-hybridized carbons (Fsp3) is 0.429. The molecule has 130 valence electrons. The molecule has 0 heterocycles. The van der Waals surface area contributed by atoms with Gasteiger partial charge in [-0.25, -0.2) is 0 Å². The van der Waals surface area contributed by atoms with E-state index in [1.165, 1.54) is 11.1 Å². The van der Waals surface area contributed by atoms with Crippen molar-refractivity contribution in [1.82, 2.24) is 4.90 Å². The topological polar surface area (TPSA) is 12.5 Å². The summed E-state index contributed by atoms with van der Waals surface area (Å²) in [6, 6.07) is 18.7. The van der Waals surface area contributed by atoms with Crippen LogP contribution in [-0.2, 0) is 6.54 Å². The minimum Gasteiger partial charge on any atom is -0.473 e. The lowest BCUT2D eigenvalue weighted by Crippen LogP contribution is -2.49. The Morgan fingerprint density at radius 1 is 1.00 bits per heavy atom. The molecular weight excluding hydrogens is 318 g/mol. The maximum atomic E-state index is 6.45. The third-order valence-electron chi connectivity index (χ3n) is 4.23. The van der Waals surface area contributed by atoms with Crippen molar-refractivity contribution in [2.75, 3.05) is 12.4 Å². The van der Waals surface area contributed by atoms with Crippen molar-refractivity contribution in [3.63, 3.8) is 0 Å². The summed E-state index contributed by atoms with van der Waals surface area (Å²) in [4.78, 5) is 2.28. The van der Waals surface area contributed by atoms with Crippen LogP contribution in [0.1, 0.15) is 44.7 Å². The van der Waals surface area contributed by atoms with Gasteiger partial charge in [0.25, 0.3) is 0 Å². The maximum absolute atomic E-state index is 6.45. The van der Waals surface area contributed by atoms with Gasteiger partial charge in [-0.1, -0.05) is 62.4 Å². The van der Waals surface area contributed by atoms with Gasteiger partial charge in [-0.05, 0) is 37.0 Å². The highest BCUT2D eigenvalue weighted by molar-refractivity contribution is 6.18. The lowest BCUT2D eigenvalue weighted by atomic mass is 10.0. The Hall–Kier alpha value is -1.51. The van der Waals surface area contributed by atoms with Crippen molar-refractivity contribution in [2.45, 2.75) is 45.9 Å². The first kappa shape index (κ1) is 18.8. The predicted molar refractivity (Wildman–Crippen MR) is 103 cm³/mol. The van der Waals surface area contributed by atoms with E-state index in [9.17, 15) is 0 Å². The van der Waals surface area contributed by atoms with Crippen LogP contribution in [0.2, 0.25) is 0 Å². The van der Waals surface area contributed by atoms with E-state index in [-0.39, 0.29) is 0 Å². The number of nitrogens with zero attached hydrogens (tertiary/aromatic N) is 1. The van der Waals surface area contributed by atoms with E-state index in [0.717, 1.165) is 18.8 Å². The molecule has 0 N–H and O–H groups in total. The molecule has 24 heavy (non-hydrogen) atoms. The molecule has 0 atom stereocenters. The van der Waals surface area contributed by atoms with Gasteiger partial charge in [-0.15, -0.1) is 11.6 Å². The van der Waals surface area contributed by atoms with Crippen molar-refractivity contribution < 1.29 is 4.74 Å². The molecule has 2 aromatic carbocycles. The molecule has 3 heteroatoms. The van der Waals surface area contributed by atoms with Crippen LogP contribution in [0.15, 0.2) is 54.6 Å². The van der Waals surface area contributed by atoms with Gasteiger partial charge in [0.1, 0.15) is 5.75 Å². The highest BCUT2D eigenvalue weighted by Gasteiger charge is 2.29. The van der Waals surface area contributed by atoms with Crippen LogP contribution in [0.4, 0.5) is 0 Å². The fourth-order valence-corrected chi connectivity index (χ4v) is 3.03. The molecule has 0 aromatic heterocycles. The van der Waals surface area contributed by atoms with Crippen molar-refractivity contribution >= 4 is 11.6 Å². The van der Waals surface area contributed by atoms with Gasteiger partial charge in [0.05, 0.1) is 0 Å². The molecule has 2 aromatic rings. The minimum atomic E-state index is -0.449. The first-order valence-corrected chi connectivity index (χ1v) is 9.10. The zero-order chi connectivity index (χ0) is 17.6. The normalized spacial score (nSPS) is 12.0. The van der Waals surface area contributed by atoms with Gasteiger partial charge >= 0.3 is 0 Å². The second kappa shape index (κ2) is 8.55. The van der Waals surface area contributed by atoms with Gasteiger partial charge in [0, 0.05) is 19.0 Å². The third-order valence-corrected chi connectivity index (χ3v) is 4.40. The Bertz CT molecular complexity index is 625. The van der Waals surface area contributed by atoms with Crippen LogP contribution in [0.25, 0.3) is 0 Å². The third kappa shape index (κ3) is 4.99. The summed E-state index contributed by atoms with van der Waals surface area (Å²) in [5.41, 5.74) is 2.04. The number of rotatable bonds is 8. The molecule has 0 unspecified atom stereocenters. The molecular formula is C21H28ClNO. The van der Waals surface area contributed by atoms with Crippen LogP contribution in [0.5, 0.6) is 5.75 Å². The summed E-state index contributed by atoms with van der Waals surface area (Å²) in [6.45, 7) is 10.2. The summed E-state index contributed by atoms with van der Waals surface area (Å²) >= 11 is 6.06. The zero-order valence-corrected chi connectivity index (χ0v) is 15.9. The molecule has 0 saturated heterocycles. The monoisotopic (exact) mass is 345 g/mol. The smallest absolute Gasteiger partial charge is 0.158 e. The highest BCUT2D eigenvalue weighted by atomic mass is 35.5. The van der Waals surface area contributed by atoms with E-state index in [0.29, 0.717) is 11.8 Å². The van der Waals surface area contributed by atoms with Crippen LogP contribution in [-0.4, -0.2) is 23.0 Å². The van der Waals surface area contributed by atoms with Gasteiger partial charge < -0.3 is 4.74 Å². The standard InChI is InChI=1S/C21H28ClNO/c1-17(2)19-12-8-9-13-20(19)24-21(3,4)23(15-14-22)16-18-10-6-5-7-11-18/h5-13,17H,14-16H2,1-4H3.